The van der Waals surface area contributed by atoms with Gasteiger partial charge in [0.05, 0.1) is 22.8 Å². The van der Waals surface area contributed by atoms with Crippen LogP contribution in [0.15, 0.2) is 30.7 Å². The van der Waals surface area contributed by atoms with Gasteiger partial charge >= 0.3 is 0 Å². The van der Waals surface area contributed by atoms with E-state index in [0.29, 0.717) is 0 Å². The van der Waals surface area contributed by atoms with E-state index in [9.17, 15) is 4.79 Å². The summed E-state index contributed by atoms with van der Waals surface area (Å²) in [7, 11) is 0. The monoisotopic (exact) mass is 274 g/mol. The first kappa shape index (κ1) is 12.2. The van der Waals surface area contributed by atoms with Gasteiger partial charge < -0.3 is 4.90 Å². The van der Waals surface area contributed by atoms with E-state index >= 15 is 0 Å². The third-order valence-corrected chi connectivity index (χ3v) is 3.71. The lowest BCUT2D eigenvalue weighted by Gasteiger charge is -2.24. The topological polar surface area (TPSA) is 51.0 Å². The highest BCUT2D eigenvalue weighted by Crippen LogP contribution is 2.20. The molecule has 3 rings (SSSR count). The lowest BCUT2D eigenvalue weighted by atomic mass is 10.1. The summed E-state index contributed by atoms with van der Waals surface area (Å²) < 4.78 is 1.76. The van der Waals surface area contributed by atoms with Gasteiger partial charge in [-0.25, -0.2) is 4.68 Å². The number of pyridine rings is 1. The highest BCUT2D eigenvalue weighted by Gasteiger charge is 2.27. The number of nitrogens with zero attached hydrogens (tertiary/aromatic N) is 4. The second kappa shape index (κ2) is 5.05. The number of hydrogen-bond acceptors (Lipinski definition) is 4. The molecular weight excluding hydrogens is 260 g/mol. The van der Waals surface area contributed by atoms with E-state index in [1.165, 1.54) is 0 Å². The van der Waals surface area contributed by atoms with Crippen molar-refractivity contribution in [1.82, 2.24) is 19.7 Å². The maximum absolute atomic E-state index is 12.3. The minimum absolute atomic E-state index is 0.0795. The van der Waals surface area contributed by atoms with E-state index in [2.05, 4.69) is 10.1 Å². The van der Waals surface area contributed by atoms with Gasteiger partial charge in [0.25, 0.3) is 5.91 Å². The Kier molecular flexibility index (Phi) is 3.25. The fraction of sp³-hybridized carbons (Fsp3) is 0.308. The summed E-state index contributed by atoms with van der Waals surface area (Å²) in [6.45, 7) is 0.750. The van der Waals surface area contributed by atoms with Crippen molar-refractivity contribution in [1.29, 1.82) is 0 Å². The normalized spacial score (nSPS) is 14.6. The summed E-state index contributed by atoms with van der Waals surface area (Å²) >= 11 is 1.66. The summed E-state index contributed by atoms with van der Waals surface area (Å²) in [5.41, 5.74) is 2.53. The largest absolute Gasteiger partial charge is 0.329 e. The SMILES string of the molecule is CSCN1CCc2nn(-c3ccncc3)cc2C1=O. The molecule has 98 valence electrons. The molecule has 0 spiro atoms. The summed E-state index contributed by atoms with van der Waals surface area (Å²) in [6, 6.07) is 3.76. The van der Waals surface area contributed by atoms with E-state index in [4.69, 9.17) is 0 Å². The van der Waals surface area contributed by atoms with Crippen LogP contribution in [-0.2, 0) is 6.42 Å². The molecule has 0 radical (unpaired) electrons. The fourth-order valence-electron chi connectivity index (χ4n) is 2.19. The van der Waals surface area contributed by atoms with Crippen LogP contribution in [0.5, 0.6) is 0 Å². The molecule has 0 N–H and O–H groups in total. The van der Waals surface area contributed by atoms with Crippen molar-refractivity contribution in [2.45, 2.75) is 6.42 Å². The number of hydrogen-bond donors (Lipinski definition) is 0. The van der Waals surface area contributed by atoms with E-state index in [1.807, 2.05) is 29.5 Å². The van der Waals surface area contributed by atoms with Crippen LogP contribution in [-0.4, -0.2) is 44.2 Å². The molecule has 1 aliphatic heterocycles. The third-order valence-electron chi connectivity index (χ3n) is 3.14. The molecule has 2 aromatic heterocycles. The number of aromatic nitrogens is 3. The van der Waals surface area contributed by atoms with Crippen LogP contribution in [0.2, 0.25) is 0 Å². The summed E-state index contributed by atoms with van der Waals surface area (Å²) in [5, 5.41) is 4.50. The number of rotatable bonds is 3. The first-order valence-electron chi connectivity index (χ1n) is 6.07. The van der Waals surface area contributed by atoms with Gasteiger partial charge in [0.1, 0.15) is 0 Å². The van der Waals surface area contributed by atoms with Crippen LogP contribution in [0.1, 0.15) is 16.1 Å². The van der Waals surface area contributed by atoms with E-state index in [0.717, 1.165) is 35.8 Å². The summed E-state index contributed by atoms with van der Waals surface area (Å²) in [6.07, 6.45) is 8.08. The first-order valence-corrected chi connectivity index (χ1v) is 7.46. The second-order valence-electron chi connectivity index (χ2n) is 4.38. The van der Waals surface area contributed by atoms with Crippen molar-refractivity contribution >= 4 is 17.7 Å². The van der Waals surface area contributed by atoms with Crippen molar-refractivity contribution in [3.05, 3.63) is 42.0 Å². The molecule has 3 heterocycles. The van der Waals surface area contributed by atoms with Gasteiger partial charge in [0.2, 0.25) is 0 Å². The zero-order valence-corrected chi connectivity index (χ0v) is 11.4. The zero-order valence-electron chi connectivity index (χ0n) is 10.6. The van der Waals surface area contributed by atoms with Crippen LogP contribution in [0, 0.1) is 0 Å². The molecule has 0 atom stereocenters. The molecule has 1 aliphatic rings. The molecule has 0 aliphatic carbocycles. The standard InChI is InChI=1S/C13H14N4OS/c1-19-9-16-7-4-12-11(13(16)18)8-17(15-12)10-2-5-14-6-3-10/h2-3,5-6,8H,4,7,9H2,1H3. The average Bonchev–Trinajstić information content (AvgIpc) is 2.88. The maximum Gasteiger partial charge on any atom is 0.258 e. The molecule has 0 saturated carbocycles. The van der Waals surface area contributed by atoms with E-state index in [1.54, 1.807) is 28.8 Å². The fourth-order valence-corrected chi connectivity index (χ4v) is 2.75. The van der Waals surface area contributed by atoms with Gasteiger partial charge in [0, 0.05) is 31.6 Å². The van der Waals surface area contributed by atoms with Gasteiger partial charge in [-0.3, -0.25) is 9.78 Å². The lowest BCUT2D eigenvalue weighted by molar-refractivity contribution is 0.0771. The Morgan fingerprint density at radius 3 is 2.89 bits per heavy atom. The van der Waals surface area contributed by atoms with Crippen molar-refractivity contribution in [3.63, 3.8) is 0 Å². The smallest absolute Gasteiger partial charge is 0.258 e. The number of thioether (sulfide) groups is 1. The van der Waals surface area contributed by atoms with Crippen LogP contribution < -0.4 is 0 Å². The molecule has 5 nitrogen and oxygen atoms in total. The van der Waals surface area contributed by atoms with Gasteiger partial charge in [-0.2, -0.15) is 5.10 Å². The number of carbonyl (C=O) groups excluding carboxylic acids is 1. The predicted octanol–water partition coefficient (Wildman–Crippen LogP) is 1.59. The minimum atomic E-state index is 0.0795. The molecule has 0 bridgehead atoms. The quantitative estimate of drug-likeness (QED) is 0.853. The van der Waals surface area contributed by atoms with Crippen molar-refractivity contribution in [2.75, 3.05) is 18.7 Å². The molecular formula is C13H14N4OS. The van der Waals surface area contributed by atoms with Crippen LogP contribution in [0.4, 0.5) is 0 Å². The number of fused-ring (bicyclic) bond motifs is 1. The average molecular weight is 274 g/mol. The van der Waals surface area contributed by atoms with Gasteiger partial charge in [-0.1, -0.05) is 0 Å². The maximum atomic E-state index is 12.3. The lowest BCUT2D eigenvalue weighted by Crippen LogP contribution is -2.36. The summed E-state index contributed by atoms with van der Waals surface area (Å²) in [4.78, 5) is 18.1. The second-order valence-corrected chi connectivity index (χ2v) is 5.21. The number of carbonyl (C=O) groups is 1. The van der Waals surface area contributed by atoms with E-state index < -0.39 is 0 Å². The minimum Gasteiger partial charge on any atom is -0.329 e. The Bertz CT molecular complexity index is 596. The highest BCUT2D eigenvalue weighted by atomic mass is 32.2. The van der Waals surface area contributed by atoms with Crippen LogP contribution in [0.25, 0.3) is 5.69 Å². The highest BCUT2D eigenvalue weighted by molar-refractivity contribution is 7.98. The Labute approximate surface area is 115 Å². The van der Waals surface area contributed by atoms with Gasteiger partial charge in [-0.05, 0) is 18.4 Å². The Morgan fingerprint density at radius 1 is 1.37 bits per heavy atom. The van der Waals surface area contributed by atoms with Crippen molar-refractivity contribution in [3.8, 4) is 5.69 Å². The first-order chi connectivity index (χ1) is 9.29. The molecule has 6 heteroatoms. The molecule has 0 fully saturated rings. The predicted molar refractivity (Wildman–Crippen MR) is 74.5 cm³/mol. The van der Waals surface area contributed by atoms with Crippen molar-refractivity contribution < 1.29 is 4.79 Å². The Morgan fingerprint density at radius 2 is 2.16 bits per heavy atom. The number of amides is 1. The summed E-state index contributed by atoms with van der Waals surface area (Å²) in [5.74, 6) is 0.814. The van der Waals surface area contributed by atoms with Crippen LogP contribution in [0.3, 0.4) is 0 Å². The van der Waals surface area contributed by atoms with E-state index in [-0.39, 0.29) is 5.91 Å². The molecule has 0 aromatic carbocycles. The third kappa shape index (κ3) is 2.23. The molecule has 0 unspecified atom stereocenters. The zero-order chi connectivity index (χ0) is 13.2. The molecule has 1 amide bonds. The van der Waals surface area contributed by atoms with Gasteiger partial charge in [-0.15, -0.1) is 11.8 Å². The van der Waals surface area contributed by atoms with Gasteiger partial charge in [0.15, 0.2) is 0 Å². The Balaban J connectivity index is 1.94. The molecule has 19 heavy (non-hydrogen) atoms. The molecule has 2 aromatic rings. The van der Waals surface area contributed by atoms with Crippen molar-refractivity contribution in [2.24, 2.45) is 0 Å². The van der Waals surface area contributed by atoms with Crippen LogP contribution >= 0.6 is 11.8 Å². The Hall–Kier alpha value is -1.82. The molecule has 0 saturated heterocycles.